The summed E-state index contributed by atoms with van der Waals surface area (Å²) in [6, 6.07) is 13.7. The SMILES string of the molecule is CC(C)(C)c1ccc(Sc2cccc(Br)c2C(=O)O)cc1. The number of hydrogen-bond acceptors (Lipinski definition) is 2. The third kappa shape index (κ3) is 3.89. The minimum absolute atomic E-state index is 0.116. The molecular formula is C17H17BrO2S. The molecular weight excluding hydrogens is 348 g/mol. The van der Waals surface area contributed by atoms with Gasteiger partial charge < -0.3 is 5.11 Å². The van der Waals surface area contributed by atoms with Crippen molar-refractivity contribution in [3.63, 3.8) is 0 Å². The Morgan fingerprint density at radius 1 is 1.10 bits per heavy atom. The maximum atomic E-state index is 11.4. The van der Waals surface area contributed by atoms with Crippen LogP contribution in [0.5, 0.6) is 0 Å². The molecule has 0 fully saturated rings. The fraction of sp³-hybridized carbons (Fsp3) is 0.235. The molecule has 0 unspecified atom stereocenters. The first-order chi connectivity index (χ1) is 9.79. The number of carboxylic acid groups (broad SMARTS) is 1. The van der Waals surface area contributed by atoms with Crippen LogP contribution in [0.1, 0.15) is 36.7 Å². The standard InChI is InChI=1S/C17H17BrO2S/c1-17(2,3)11-7-9-12(10-8-11)21-14-6-4-5-13(18)15(14)16(19)20/h4-10H,1-3H3,(H,19,20). The van der Waals surface area contributed by atoms with Gasteiger partial charge in [-0.3, -0.25) is 0 Å². The third-order valence-electron chi connectivity index (χ3n) is 3.14. The van der Waals surface area contributed by atoms with Crippen molar-refractivity contribution in [1.82, 2.24) is 0 Å². The monoisotopic (exact) mass is 364 g/mol. The molecule has 0 radical (unpaired) electrons. The van der Waals surface area contributed by atoms with Crippen LogP contribution in [-0.4, -0.2) is 11.1 Å². The van der Waals surface area contributed by atoms with Gasteiger partial charge in [-0.25, -0.2) is 4.79 Å². The minimum Gasteiger partial charge on any atom is -0.478 e. The second-order valence-corrected chi connectivity index (χ2v) is 7.76. The van der Waals surface area contributed by atoms with Gasteiger partial charge in [0.15, 0.2) is 0 Å². The van der Waals surface area contributed by atoms with E-state index in [1.54, 1.807) is 6.07 Å². The summed E-state index contributed by atoms with van der Waals surface area (Å²) in [4.78, 5) is 13.1. The summed E-state index contributed by atoms with van der Waals surface area (Å²) >= 11 is 4.77. The molecule has 0 saturated heterocycles. The molecule has 0 aliphatic rings. The number of carboxylic acids is 1. The van der Waals surface area contributed by atoms with Crippen LogP contribution in [-0.2, 0) is 5.41 Å². The largest absolute Gasteiger partial charge is 0.478 e. The molecule has 0 spiro atoms. The van der Waals surface area contributed by atoms with Gasteiger partial charge in [-0.05, 0) is 51.2 Å². The van der Waals surface area contributed by atoms with Gasteiger partial charge >= 0.3 is 5.97 Å². The van der Waals surface area contributed by atoms with E-state index in [0.717, 1.165) is 9.79 Å². The Bertz CT molecular complexity index is 657. The highest BCUT2D eigenvalue weighted by molar-refractivity contribution is 9.10. The van der Waals surface area contributed by atoms with Crippen molar-refractivity contribution in [3.05, 3.63) is 58.1 Å². The number of halogens is 1. The molecule has 2 aromatic rings. The van der Waals surface area contributed by atoms with Crippen molar-refractivity contribution in [2.75, 3.05) is 0 Å². The van der Waals surface area contributed by atoms with Crippen molar-refractivity contribution < 1.29 is 9.90 Å². The molecule has 4 heteroatoms. The van der Waals surface area contributed by atoms with E-state index in [9.17, 15) is 9.90 Å². The van der Waals surface area contributed by atoms with Crippen molar-refractivity contribution >= 4 is 33.7 Å². The lowest BCUT2D eigenvalue weighted by Gasteiger charge is -2.19. The highest BCUT2D eigenvalue weighted by Crippen LogP contribution is 2.35. The molecule has 0 aliphatic heterocycles. The molecule has 2 rings (SSSR count). The average Bonchev–Trinajstić information content (AvgIpc) is 2.38. The van der Waals surface area contributed by atoms with Crippen LogP contribution in [0.3, 0.4) is 0 Å². The van der Waals surface area contributed by atoms with Crippen LogP contribution in [0.25, 0.3) is 0 Å². The number of rotatable bonds is 3. The van der Waals surface area contributed by atoms with E-state index < -0.39 is 5.97 Å². The average molecular weight is 365 g/mol. The predicted octanol–water partition coefficient (Wildman–Crippen LogP) is 5.60. The van der Waals surface area contributed by atoms with E-state index in [0.29, 0.717) is 10.0 Å². The lowest BCUT2D eigenvalue weighted by molar-refractivity contribution is 0.0692. The number of aromatic carboxylic acids is 1. The predicted molar refractivity (Wildman–Crippen MR) is 90.4 cm³/mol. The van der Waals surface area contributed by atoms with Crippen LogP contribution < -0.4 is 0 Å². The number of benzene rings is 2. The second kappa shape index (κ2) is 6.24. The Kier molecular flexibility index (Phi) is 4.79. The molecule has 0 atom stereocenters. The fourth-order valence-corrected chi connectivity index (χ4v) is 3.59. The Morgan fingerprint density at radius 2 is 1.71 bits per heavy atom. The first-order valence-corrected chi connectivity index (χ1v) is 8.20. The van der Waals surface area contributed by atoms with Crippen molar-refractivity contribution in [3.8, 4) is 0 Å². The molecule has 0 bridgehead atoms. The van der Waals surface area contributed by atoms with Gasteiger partial charge in [0.05, 0.1) is 5.56 Å². The molecule has 0 heterocycles. The van der Waals surface area contributed by atoms with Gasteiger partial charge in [0.2, 0.25) is 0 Å². The highest BCUT2D eigenvalue weighted by atomic mass is 79.9. The summed E-state index contributed by atoms with van der Waals surface area (Å²) in [6.45, 7) is 6.52. The first-order valence-electron chi connectivity index (χ1n) is 6.59. The fourth-order valence-electron chi connectivity index (χ4n) is 1.95. The molecule has 21 heavy (non-hydrogen) atoms. The zero-order valence-corrected chi connectivity index (χ0v) is 14.6. The number of hydrogen-bond donors (Lipinski definition) is 1. The summed E-state index contributed by atoms with van der Waals surface area (Å²) in [5, 5.41) is 9.33. The molecule has 2 nitrogen and oxygen atoms in total. The minimum atomic E-state index is -0.920. The van der Waals surface area contributed by atoms with Crippen LogP contribution in [0, 0.1) is 0 Å². The van der Waals surface area contributed by atoms with Crippen LogP contribution >= 0.6 is 27.7 Å². The highest BCUT2D eigenvalue weighted by Gasteiger charge is 2.16. The van der Waals surface area contributed by atoms with E-state index in [2.05, 4.69) is 48.8 Å². The normalized spacial score (nSPS) is 11.4. The van der Waals surface area contributed by atoms with Gasteiger partial charge in [0, 0.05) is 14.3 Å². The summed E-state index contributed by atoms with van der Waals surface area (Å²) in [5.41, 5.74) is 1.69. The van der Waals surface area contributed by atoms with Gasteiger partial charge in [-0.1, -0.05) is 50.7 Å². The van der Waals surface area contributed by atoms with Gasteiger partial charge in [0.25, 0.3) is 0 Å². The van der Waals surface area contributed by atoms with E-state index in [4.69, 9.17) is 0 Å². The molecule has 1 N–H and O–H groups in total. The molecule has 2 aromatic carbocycles. The zero-order valence-electron chi connectivity index (χ0n) is 12.2. The Labute approximate surface area is 137 Å². The Balaban J connectivity index is 2.31. The molecule has 0 saturated carbocycles. The van der Waals surface area contributed by atoms with Crippen LogP contribution in [0.15, 0.2) is 56.7 Å². The lowest BCUT2D eigenvalue weighted by atomic mass is 9.87. The quantitative estimate of drug-likeness (QED) is 0.770. The van der Waals surface area contributed by atoms with E-state index >= 15 is 0 Å². The summed E-state index contributed by atoms with van der Waals surface area (Å²) in [7, 11) is 0. The smallest absolute Gasteiger partial charge is 0.338 e. The van der Waals surface area contributed by atoms with Crippen molar-refractivity contribution in [1.29, 1.82) is 0 Å². The molecule has 0 amide bonds. The van der Waals surface area contributed by atoms with Crippen LogP contribution in [0.4, 0.5) is 0 Å². The van der Waals surface area contributed by atoms with Gasteiger partial charge in [0.1, 0.15) is 0 Å². The van der Waals surface area contributed by atoms with E-state index in [-0.39, 0.29) is 5.41 Å². The van der Waals surface area contributed by atoms with Crippen molar-refractivity contribution in [2.24, 2.45) is 0 Å². The number of carbonyl (C=O) groups is 1. The topological polar surface area (TPSA) is 37.3 Å². The first kappa shape index (κ1) is 16.1. The Morgan fingerprint density at radius 3 is 2.24 bits per heavy atom. The second-order valence-electron chi connectivity index (χ2n) is 5.79. The summed E-state index contributed by atoms with van der Waals surface area (Å²) in [6.07, 6.45) is 0. The maximum absolute atomic E-state index is 11.4. The van der Waals surface area contributed by atoms with Crippen molar-refractivity contribution in [2.45, 2.75) is 36.0 Å². The Hall–Kier alpha value is -1.26. The summed E-state index contributed by atoms with van der Waals surface area (Å²) in [5.74, 6) is -0.920. The van der Waals surface area contributed by atoms with Gasteiger partial charge in [-0.15, -0.1) is 0 Å². The van der Waals surface area contributed by atoms with E-state index in [1.165, 1.54) is 17.3 Å². The molecule has 0 aromatic heterocycles. The van der Waals surface area contributed by atoms with E-state index in [1.807, 2.05) is 24.3 Å². The van der Waals surface area contributed by atoms with Crippen LogP contribution in [0.2, 0.25) is 0 Å². The third-order valence-corrected chi connectivity index (χ3v) is 4.87. The summed E-state index contributed by atoms with van der Waals surface area (Å²) < 4.78 is 0.603. The zero-order chi connectivity index (χ0) is 15.6. The molecule has 0 aliphatic carbocycles. The van der Waals surface area contributed by atoms with Gasteiger partial charge in [-0.2, -0.15) is 0 Å². The molecule has 110 valence electrons. The maximum Gasteiger partial charge on any atom is 0.338 e. The lowest BCUT2D eigenvalue weighted by Crippen LogP contribution is -2.10.